The summed E-state index contributed by atoms with van der Waals surface area (Å²) in [5.74, 6) is 1.38. The van der Waals surface area contributed by atoms with E-state index in [0.717, 1.165) is 6.20 Å². The summed E-state index contributed by atoms with van der Waals surface area (Å²) in [4.78, 5) is 37.8. The summed E-state index contributed by atoms with van der Waals surface area (Å²) in [6.45, 7) is 3.75. The van der Waals surface area contributed by atoms with Gasteiger partial charge in [-0.05, 0) is 50.4 Å². The molecule has 3 rings (SSSR count). The van der Waals surface area contributed by atoms with Crippen LogP contribution in [0, 0.1) is 11.3 Å². The Morgan fingerprint density at radius 1 is 1.32 bits per heavy atom. The van der Waals surface area contributed by atoms with Crippen molar-refractivity contribution in [1.29, 1.82) is 0 Å². The van der Waals surface area contributed by atoms with Gasteiger partial charge in [-0.25, -0.2) is 14.2 Å². The van der Waals surface area contributed by atoms with Gasteiger partial charge in [-0.15, -0.1) is 0 Å². The maximum absolute atomic E-state index is 13.5. The van der Waals surface area contributed by atoms with Crippen LogP contribution in [0.15, 0.2) is 46.1 Å². The summed E-state index contributed by atoms with van der Waals surface area (Å²) in [7, 11) is -4.61. The summed E-state index contributed by atoms with van der Waals surface area (Å²) >= 11 is 5.45. The number of halogens is 1. The Labute approximate surface area is 221 Å². The topological polar surface area (TPSA) is 188 Å². The number of phosphoric acid groups is 1. The number of carbonyl (C=O) groups is 1. The van der Waals surface area contributed by atoms with Crippen LogP contribution in [0.1, 0.15) is 27.0 Å². The standard InChI is InChI=1S/C22H25ClN3O11P/c1-13(2)34-19(29)14(3)36-38(32,37-15-7-5-4-6-8-15)33-12-16-18(28)22(31,9-10-23)20(35-16)26-21(30)25-17(27)11-24-26/h4-8,11,13-14,16,18,20,28,31H,12H2,1-3H3,(H,25,27,30)/t14-,16+,18-,20+,22?,38-/m0/s1. The van der Waals surface area contributed by atoms with Crippen LogP contribution in [0.4, 0.5) is 0 Å². The highest BCUT2D eigenvalue weighted by atomic mass is 35.5. The minimum atomic E-state index is -4.61. The highest BCUT2D eigenvalue weighted by Crippen LogP contribution is 2.51. The Bertz CT molecular complexity index is 1360. The predicted molar refractivity (Wildman–Crippen MR) is 130 cm³/mol. The second-order valence-electron chi connectivity index (χ2n) is 8.28. The van der Waals surface area contributed by atoms with Gasteiger partial charge in [0.05, 0.1) is 12.7 Å². The van der Waals surface area contributed by atoms with Crippen LogP contribution in [-0.2, 0) is 27.9 Å². The van der Waals surface area contributed by atoms with E-state index in [0.29, 0.717) is 4.68 Å². The molecule has 1 aromatic heterocycles. The van der Waals surface area contributed by atoms with E-state index in [1.165, 1.54) is 19.1 Å². The first-order valence-corrected chi connectivity index (χ1v) is 13.0. The third kappa shape index (κ3) is 6.89. The number of benzene rings is 1. The van der Waals surface area contributed by atoms with Gasteiger partial charge < -0.3 is 24.2 Å². The number of aliphatic hydroxyl groups is 2. The molecule has 14 nitrogen and oxygen atoms in total. The lowest BCUT2D eigenvalue weighted by Crippen LogP contribution is -2.49. The van der Waals surface area contributed by atoms with Crippen molar-refractivity contribution in [2.45, 2.75) is 57.0 Å². The fourth-order valence-corrected chi connectivity index (χ4v) is 4.80. The number of rotatable bonds is 10. The molecular weight excluding hydrogens is 549 g/mol. The molecule has 1 aliphatic heterocycles. The number of hydrogen-bond acceptors (Lipinski definition) is 12. The van der Waals surface area contributed by atoms with Gasteiger partial charge in [0, 0.05) is 5.38 Å². The molecule has 2 heterocycles. The van der Waals surface area contributed by atoms with E-state index in [9.17, 15) is 29.2 Å². The van der Waals surface area contributed by atoms with Gasteiger partial charge in [0.2, 0.25) is 5.60 Å². The van der Waals surface area contributed by atoms with E-state index in [1.54, 1.807) is 32.0 Å². The molecule has 0 aliphatic carbocycles. The van der Waals surface area contributed by atoms with Gasteiger partial charge in [0.1, 0.15) is 24.2 Å². The van der Waals surface area contributed by atoms with Gasteiger partial charge >= 0.3 is 19.5 Å². The Kier molecular flexibility index (Phi) is 9.50. The van der Waals surface area contributed by atoms with Gasteiger partial charge in [0.25, 0.3) is 5.56 Å². The number of esters is 1. The average molecular weight is 574 g/mol. The molecule has 1 saturated heterocycles. The first-order valence-electron chi connectivity index (χ1n) is 11.1. The zero-order chi connectivity index (χ0) is 28.1. The van der Waals surface area contributed by atoms with Crippen molar-refractivity contribution in [2.75, 3.05) is 6.61 Å². The van der Waals surface area contributed by atoms with Crippen molar-refractivity contribution in [1.82, 2.24) is 14.8 Å². The highest BCUT2D eigenvalue weighted by molar-refractivity contribution is 7.49. The number of hydrogen-bond donors (Lipinski definition) is 3. The number of nitrogens with one attached hydrogen (secondary N) is 1. The number of H-pyrrole nitrogens is 1. The van der Waals surface area contributed by atoms with Gasteiger partial charge in [-0.2, -0.15) is 9.78 Å². The largest absolute Gasteiger partial charge is 0.530 e. The molecule has 0 saturated carbocycles. The van der Waals surface area contributed by atoms with Crippen molar-refractivity contribution >= 4 is 25.4 Å². The maximum Gasteiger partial charge on any atom is 0.530 e. The predicted octanol–water partition coefficient (Wildman–Crippen LogP) is 0.681. The van der Waals surface area contributed by atoms with E-state index < -0.39 is 67.9 Å². The number of aromatic nitrogens is 3. The van der Waals surface area contributed by atoms with Crippen LogP contribution in [0.5, 0.6) is 5.75 Å². The SMILES string of the molecule is CC(C)OC(=O)[C@H](C)O[P@](=O)(OC[C@H]1O[C@@H](n2ncc(=O)[nH]c2=O)C(O)(C#CCl)[C@H]1O)Oc1ccccc1. The fraction of sp³-hybridized carbons (Fsp3) is 0.455. The van der Waals surface area contributed by atoms with Crippen molar-refractivity contribution in [2.24, 2.45) is 0 Å². The van der Waals surface area contributed by atoms with E-state index in [2.05, 4.69) is 11.0 Å². The second-order valence-corrected chi connectivity index (χ2v) is 10.0. The number of carbonyl (C=O) groups excluding carboxylic acids is 1. The molecule has 2 aromatic rings. The summed E-state index contributed by atoms with van der Waals surface area (Å²) < 4.78 is 40.8. The normalized spacial score (nSPS) is 25.2. The first kappa shape index (κ1) is 29.5. The molecule has 16 heteroatoms. The molecule has 1 aromatic carbocycles. The molecule has 3 N–H and O–H groups in total. The summed E-state index contributed by atoms with van der Waals surface area (Å²) in [6.07, 6.45) is -6.30. The van der Waals surface area contributed by atoms with E-state index in [4.69, 9.17) is 34.6 Å². The number of ether oxygens (including phenoxy) is 2. The number of para-hydroxylation sites is 1. The highest BCUT2D eigenvalue weighted by Gasteiger charge is 2.57. The number of aliphatic hydroxyl groups excluding tert-OH is 1. The lowest BCUT2D eigenvalue weighted by atomic mass is 9.95. The molecule has 0 spiro atoms. The Hall–Kier alpha value is -3.02. The third-order valence-corrected chi connectivity index (χ3v) is 6.59. The average Bonchev–Trinajstić information content (AvgIpc) is 3.08. The van der Waals surface area contributed by atoms with Gasteiger partial charge in [-0.1, -0.05) is 18.2 Å². The molecule has 0 bridgehead atoms. The van der Waals surface area contributed by atoms with Crippen LogP contribution in [0.2, 0.25) is 0 Å². The van der Waals surface area contributed by atoms with Crippen molar-refractivity contribution in [3.05, 3.63) is 57.4 Å². The maximum atomic E-state index is 13.5. The van der Waals surface area contributed by atoms with Crippen LogP contribution >= 0.6 is 19.4 Å². The quantitative estimate of drug-likeness (QED) is 0.205. The van der Waals surface area contributed by atoms with Crippen LogP contribution in [-0.4, -0.2) is 67.6 Å². The lowest BCUT2D eigenvalue weighted by Gasteiger charge is -2.25. The van der Waals surface area contributed by atoms with Gasteiger partial charge in [-0.3, -0.25) is 18.8 Å². The Morgan fingerprint density at radius 3 is 2.61 bits per heavy atom. The summed E-state index contributed by atoms with van der Waals surface area (Å²) in [6, 6.07) is 7.76. The van der Waals surface area contributed by atoms with Crippen molar-refractivity contribution < 1.29 is 42.6 Å². The molecular formula is C22H25ClN3O11P. The zero-order valence-electron chi connectivity index (χ0n) is 20.3. The minimum Gasteiger partial charge on any atom is -0.461 e. The molecule has 0 radical (unpaired) electrons. The molecule has 1 aliphatic rings. The Morgan fingerprint density at radius 2 is 2.00 bits per heavy atom. The first-order chi connectivity index (χ1) is 17.9. The second kappa shape index (κ2) is 12.2. The monoisotopic (exact) mass is 573 g/mol. The molecule has 1 unspecified atom stereocenters. The molecule has 38 heavy (non-hydrogen) atoms. The van der Waals surface area contributed by atoms with Crippen molar-refractivity contribution in [3.63, 3.8) is 0 Å². The van der Waals surface area contributed by atoms with Crippen LogP contribution < -0.4 is 15.8 Å². The summed E-state index contributed by atoms with van der Waals surface area (Å²) in [5, 5.41) is 27.3. The summed E-state index contributed by atoms with van der Waals surface area (Å²) in [5.41, 5.74) is -4.41. The van der Waals surface area contributed by atoms with E-state index >= 15 is 0 Å². The Balaban J connectivity index is 1.86. The number of phosphoric ester groups is 1. The van der Waals surface area contributed by atoms with Gasteiger partial charge in [0.15, 0.2) is 12.3 Å². The van der Waals surface area contributed by atoms with Crippen LogP contribution in [0.25, 0.3) is 0 Å². The molecule has 0 amide bonds. The smallest absolute Gasteiger partial charge is 0.461 e. The van der Waals surface area contributed by atoms with E-state index in [-0.39, 0.29) is 5.75 Å². The fourth-order valence-electron chi connectivity index (χ4n) is 3.31. The van der Waals surface area contributed by atoms with Crippen molar-refractivity contribution in [3.8, 4) is 17.0 Å². The minimum absolute atomic E-state index is 0.0690. The molecule has 206 valence electrons. The van der Waals surface area contributed by atoms with Crippen LogP contribution in [0.3, 0.4) is 0 Å². The molecule has 6 atom stereocenters. The zero-order valence-corrected chi connectivity index (χ0v) is 22.0. The third-order valence-electron chi connectivity index (χ3n) is 5.02. The van der Waals surface area contributed by atoms with E-state index in [1.807, 2.05) is 10.4 Å². The molecule has 1 fully saturated rings. The number of aromatic amines is 1. The number of nitrogens with zero attached hydrogens (tertiary/aromatic N) is 2. The lowest BCUT2D eigenvalue weighted by molar-refractivity contribution is -0.156.